The number of rotatable bonds is 4. The van der Waals surface area contributed by atoms with Crippen LogP contribution < -0.4 is 0 Å². The molecule has 0 N–H and O–H groups in total. The van der Waals surface area contributed by atoms with E-state index in [9.17, 15) is 0 Å². The van der Waals surface area contributed by atoms with Crippen LogP contribution in [0.5, 0.6) is 0 Å². The highest BCUT2D eigenvalue weighted by Crippen LogP contribution is 2.18. The molecule has 0 saturated carbocycles. The highest BCUT2D eigenvalue weighted by Gasteiger charge is 2.22. The Morgan fingerprint density at radius 2 is 2.19 bits per heavy atom. The van der Waals surface area contributed by atoms with Gasteiger partial charge in [0.05, 0.1) is 6.54 Å². The van der Waals surface area contributed by atoms with E-state index in [1.807, 2.05) is 24.7 Å². The van der Waals surface area contributed by atoms with Crippen molar-refractivity contribution in [2.75, 3.05) is 27.2 Å². The third-order valence-electron chi connectivity index (χ3n) is 3.89. The molecule has 5 heteroatoms. The van der Waals surface area contributed by atoms with Crippen LogP contribution in [0.4, 0.5) is 0 Å². The van der Waals surface area contributed by atoms with Gasteiger partial charge in [0.15, 0.2) is 0 Å². The molecule has 3 rings (SSSR count). The summed E-state index contributed by atoms with van der Waals surface area (Å²) < 4.78 is 2.30. The van der Waals surface area contributed by atoms with Crippen LogP contribution in [0, 0.1) is 5.92 Å². The molecule has 2 aromatic rings. The van der Waals surface area contributed by atoms with E-state index in [0.717, 1.165) is 32.7 Å². The molecular formula is C16H23N5. The number of imidazole rings is 1. The molecule has 2 aromatic heterocycles. The Kier molecular flexibility index (Phi) is 4.31. The highest BCUT2D eigenvalue weighted by atomic mass is 15.2. The van der Waals surface area contributed by atoms with Gasteiger partial charge in [-0.3, -0.25) is 9.88 Å². The van der Waals surface area contributed by atoms with Gasteiger partial charge in [0.1, 0.15) is 5.82 Å². The third-order valence-corrected chi connectivity index (χ3v) is 3.89. The monoisotopic (exact) mass is 285 g/mol. The lowest BCUT2D eigenvalue weighted by atomic mass is 10.1. The molecule has 1 unspecified atom stereocenters. The summed E-state index contributed by atoms with van der Waals surface area (Å²) in [4.78, 5) is 13.5. The van der Waals surface area contributed by atoms with Crippen LogP contribution in [-0.2, 0) is 19.6 Å². The summed E-state index contributed by atoms with van der Waals surface area (Å²) in [6.07, 6.45) is 7.80. The van der Waals surface area contributed by atoms with Gasteiger partial charge in [-0.05, 0) is 25.7 Å². The second kappa shape index (κ2) is 6.37. The first-order valence-electron chi connectivity index (χ1n) is 7.46. The smallest absolute Gasteiger partial charge is 0.122 e. The predicted octanol–water partition coefficient (Wildman–Crippen LogP) is 1.47. The van der Waals surface area contributed by atoms with Crippen molar-refractivity contribution in [2.24, 2.45) is 5.92 Å². The second-order valence-electron chi connectivity index (χ2n) is 6.15. The Balaban J connectivity index is 1.76. The van der Waals surface area contributed by atoms with Crippen molar-refractivity contribution in [3.05, 3.63) is 48.3 Å². The first-order valence-corrected chi connectivity index (χ1v) is 7.46. The topological polar surface area (TPSA) is 37.2 Å². The van der Waals surface area contributed by atoms with Crippen molar-refractivity contribution in [1.82, 2.24) is 24.3 Å². The van der Waals surface area contributed by atoms with E-state index in [-0.39, 0.29) is 0 Å². The normalized spacial score (nSPS) is 19.5. The Labute approximate surface area is 126 Å². The summed E-state index contributed by atoms with van der Waals surface area (Å²) in [6, 6.07) is 4.15. The number of fused-ring (bicyclic) bond motifs is 1. The van der Waals surface area contributed by atoms with Crippen LogP contribution in [0.15, 0.2) is 36.9 Å². The molecule has 0 fully saturated rings. The summed E-state index contributed by atoms with van der Waals surface area (Å²) in [5, 5.41) is 0. The minimum Gasteiger partial charge on any atom is -0.333 e. The van der Waals surface area contributed by atoms with Crippen LogP contribution in [0.3, 0.4) is 0 Å². The van der Waals surface area contributed by atoms with Gasteiger partial charge in [0.25, 0.3) is 0 Å². The van der Waals surface area contributed by atoms with Crippen molar-refractivity contribution in [1.29, 1.82) is 0 Å². The van der Waals surface area contributed by atoms with Gasteiger partial charge in [-0.15, -0.1) is 0 Å². The molecule has 1 aliphatic heterocycles. The molecule has 0 spiro atoms. The Morgan fingerprint density at radius 1 is 1.29 bits per heavy atom. The van der Waals surface area contributed by atoms with Crippen molar-refractivity contribution in [3.8, 4) is 0 Å². The summed E-state index contributed by atoms with van der Waals surface area (Å²) in [7, 11) is 4.29. The minimum atomic E-state index is 0.618. The Bertz CT molecular complexity index is 563. The van der Waals surface area contributed by atoms with Crippen LogP contribution in [0.2, 0.25) is 0 Å². The zero-order valence-electron chi connectivity index (χ0n) is 12.8. The van der Waals surface area contributed by atoms with Gasteiger partial charge in [0.2, 0.25) is 0 Å². The van der Waals surface area contributed by atoms with E-state index < -0.39 is 0 Å². The molecule has 3 heterocycles. The molecule has 21 heavy (non-hydrogen) atoms. The van der Waals surface area contributed by atoms with Crippen molar-refractivity contribution >= 4 is 0 Å². The number of hydrogen-bond donors (Lipinski definition) is 0. The molecule has 0 saturated heterocycles. The second-order valence-corrected chi connectivity index (χ2v) is 6.15. The van der Waals surface area contributed by atoms with Gasteiger partial charge >= 0.3 is 0 Å². The summed E-state index contributed by atoms with van der Waals surface area (Å²) in [5.74, 6) is 1.78. The summed E-state index contributed by atoms with van der Waals surface area (Å²) >= 11 is 0. The summed E-state index contributed by atoms with van der Waals surface area (Å²) in [6.45, 7) is 5.09. The molecule has 0 aliphatic carbocycles. The fourth-order valence-electron chi connectivity index (χ4n) is 3.13. The number of nitrogens with zero attached hydrogens (tertiary/aromatic N) is 5. The number of aromatic nitrogens is 3. The maximum Gasteiger partial charge on any atom is 0.122 e. The Hall–Kier alpha value is -1.72. The third kappa shape index (κ3) is 3.68. The highest BCUT2D eigenvalue weighted by molar-refractivity contribution is 5.09. The fraction of sp³-hybridized carbons (Fsp3) is 0.500. The first kappa shape index (κ1) is 14.2. The first-order chi connectivity index (χ1) is 10.2. The Morgan fingerprint density at radius 3 is 2.95 bits per heavy atom. The van der Waals surface area contributed by atoms with E-state index in [1.54, 1.807) is 0 Å². The van der Waals surface area contributed by atoms with Crippen molar-refractivity contribution in [2.45, 2.75) is 19.6 Å². The van der Waals surface area contributed by atoms with Gasteiger partial charge in [-0.2, -0.15) is 0 Å². The molecule has 5 nitrogen and oxygen atoms in total. The van der Waals surface area contributed by atoms with Gasteiger partial charge in [-0.25, -0.2) is 4.98 Å². The van der Waals surface area contributed by atoms with Crippen molar-refractivity contribution in [3.63, 3.8) is 0 Å². The lowest BCUT2D eigenvalue weighted by Gasteiger charge is -2.25. The van der Waals surface area contributed by atoms with Crippen molar-refractivity contribution < 1.29 is 0 Å². The maximum absolute atomic E-state index is 4.51. The molecular weight excluding hydrogens is 262 g/mol. The fourth-order valence-corrected chi connectivity index (χ4v) is 3.13. The largest absolute Gasteiger partial charge is 0.333 e. The van der Waals surface area contributed by atoms with Crippen LogP contribution >= 0.6 is 0 Å². The summed E-state index contributed by atoms with van der Waals surface area (Å²) in [5.41, 5.74) is 1.26. The lowest BCUT2D eigenvalue weighted by Crippen LogP contribution is -2.33. The number of pyridine rings is 1. The number of hydrogen-bond acceptors (Lipinski definition) is 4. The molecule has 1 aliphatic rings. The van der Waals surface area contributed by atoms with E-state index in [1.165, 1.54) is 11.4 Å². The zero-order chi connectivity index (χ0) is 14.7. The van der Waals surface area contributed by atoms with Crippen LogP contribution in [0.25, 0.3) is 0 Å². The van der Waals surface area contributed by atoms with Crippen LogP contribution in [-0.4, -0.2) is 51.5 Å². The molecule has 1 atom stereocenters. The standard InChI is InChI=1S/C16H23N5/c1-19(2)9-15-11-20(10-14-4-3-5-17-8-14)13-16-18-6-7-21(16)12-15/h3-8,15H,9-13H2,1-2H3. The van der Waals surface area contributed by atoms with Crippen LogP contribution in [0.1, 0.15) is 11.4 Å². The zero-order valence-corrected chi connectivity index (χ0v) is 12.8. The average Bonchev–Trinajstić information content (AvgIpc) is 2.80. The predicted molar refractivity (Wildman–Crippen MR) is 82.6 cm³/mol. The average molecular weight is 285 g/mol. The van der Waals surface area contributed by atoms with E-state index in [4.69, 9.17) is 0 Å². The molecule has 0 bridgehead atoms. The van der Waals surface area contributed by atoms with E-state index in [2.05, 4.69) is 50.7 Å². The SMILES string of the molecule is CN(C)CC1CN(Cc2cccnc2)Cc2nccn2C1. The molecule has 0 amide bonds. The lowest BCUT2D eigenvalue weighted by molar-refractivity contribution is 0.194. The van der Waals surface area contributed by atoms with Gasteiger partial charge in [-0.1, -0.05) is 6.07 Å². The van der Waals surface area contributed by atoms with Gasteiger partial charge < -0.3 is 9.47 Å². The van der Waals surface area contributed by atoms with E-state index >= 15 is 0 Å². The van der Waals surface area contributed by atoms with Gasteiger partial charge in [0, 0.05) is 56.9 Å². The molecule has 112 valence electrons. The van der Waals surface area contributed by atoms with E-state index in [0.29, 0.717) is 5.92 Å². The molecule has 0 radical (unpaired) electrons. The minimum absolute atomic E-state index is 0.618. The quantitative estimate of drug-likeness (QED) is 0.852. The molecule has 0 aromatic carbocycles. The maximum atomic E-state index is 4.51.